The number of amides is 2. The van der Waals surface area contributed by atoms with E-state index >= 15 is 0 Å². The first-order valence-corrected chi connectivity index (χ1v) is 5.39. The second-order valence-electron chi connectivity index (χ2n) is 3.88. The van der Waals surface area contributed by atoms with E-state index in [0.717, 1.165) is 4.80 Å². The van der Waals surface area contributed by atoms with E-state index in [0.29, 0.717) is 0 Å². The molecule has 1 heterocycles. The highest BCUT2D eigenvalue weighted by atomic mass is 16.2. The molecule has 3 atom stereocenters. The van der Waals surface area contributed by atoms with Crippen LogP contribution in [0.5, 0.6) is 0 Å². The van der Waals surface area contributed by atoms with Gasteiger partial charge in [-0.3, -0.25) is 9.59 Å². The number of aromatic nitrogens is 5. The summed E-state index contributed by atoms with van der Waals surface area (Å²) in [5.41, 5.74) is 5.38. The van der Waals surface area contributed by atoms with Crippen molar-refractivity contribution in [3.8, 4) is 0 Å². The molecule has 10 heteroatoms. The van der Waals surface area contributed by atoms with Crippen molar-refractivity contribution in [1.29, 1.82) is 0 Å². The van der Waals surface area contributed by atoms with Gasteiger partial charge < -0.3 is 16.4 Å². The van der Waals surface area contributed by atoms with Crippen molar-refractivity contribution in [3.05, 3.63) is 0 Å². The third-order valence-electron chi connectivity index (χ3n) is 2.17. The van der Waals surface area contributed by atoms with Gasteiger partial charge in [0.05, 0.1) is 6.04 Å². The Hall–Kier alpha value is -2.10. The first-order chi connectivity index (χ1) is 8.41. The van der Waals surface area contributed by atoms with Crippen LogP contribution in [0.4, 0.5) is 0 Å². The fourth-order valence-electron chi connectivity index (χ4n) is 1.09. The maximum Gasteiger partial charge on any atom is 0.243 e. The molecule has 0 fully saturated rings. The minimum Gasteiger partial charge on any atom is -0.343 e. The molecular weight excluding hydrogens is 240 g/mol. The number of carbonyl (C=O) groups excluding carboxylic acids is 2. The van der Waals surface area contributed by atoms with Gasteiger partial charge in [-0.05, 0) is 41.6 Å². The zero-order valence-electron chi connectivity index (χ0n) is 10.4. The third-order valence-corrected chi connectivity index (χ3v) is 2.17. The van der Waals surface area contributed by atoms with Crippen molar-refractivity contribution in [2.24, 2.45) is 5.73 Å². The zero-order chi connectivity index (χ0) is 13.7. The Morgan fingerprint density at radius 3 is 2.11 bits per heavy atom. The van der Waals surface area contributed by atoms with Gasteiger partial charge in [-0.2, -0.15) is 0 Å². The van der Waals surface area contributed by atoms with Crippen LogP contribution in [0.3, 0.4) is 0 Å². The molecule has 0 spiro atoms. The van der Waals surface area contributed by atoms with Crippen LogP contribution in [0.25, 0.3) is 0 Å². The van der Waals surface area contributed by atoms with E-state index < -0.39 is 24.2 Å². The van der Waals surface area contributed by atoms with Gasteiger partial charge in [0.1, 0.15) is 12.2 Å². The summed E-state index contributed by atoms with van der Waals surface area (Å²) in [4.78, 5) is 24.2. The van der Waals surface area contributed by atoms with Crippen LogP contribution in [0, 0.1) is 0 Å². The van der Waals surface area contributed by atoms with Crippen LogP contribution in [0.2, 0.25) is 0 Å². The van der Waals surface area contributed by atoms with Crippen molar-refractivity contribution in [1.82, 2.24) is 36.3 Å². The summed E-state index contributed by atoms with van der Waals surface area (Å²) in [6, 6.07) is -1.37. The summed E-state index contributed by atoms with van der Waals surface area (Å²) in [7, 11) is 0. The van der Waals surface area contributed by atoms with Gasteiger partial charge >= 0.3 is 0 Å². The molecule has 4 N–H and O–H groups in total. The highest BCUT2D eigenvalue weighted by Crippen LogP contribution is 1.95. The predicted molar refractivity (Wildman–Crippen MR) is 59.7 cm³/mol. The molecule has 100 valence electrons. The third kappa shape index (κ3) is 3.73. The quantitative estimate of drug-likeness (QED) is 0.531. The molecular formula is C8H16N8O2. The van der Waals surface area contributed by atoms with Crippen LogP contribution in [-0.4, -0.2) is 49.5 Å². The molecule has 18 heavy (non-hydrogen) atoms. The first kappa shape index (κ1) is 14.0. The Kier molecular flexibility index (Phi) is 4.66. The van der Waals surface area contributed by atoms with Crippen molar-refractivity contribution >= 4 is 11.8 Å². The zero-order valence-corrected chi connectivity index (χ0v) is 10.4. The van der Waals surface area contributed by atoms with Gasteiger partial charge in [-0.1, -0.05) is 0 Å². The monoisotopic (exact) mass is 256 g/mol. The lowest BCUT2D eigenvalue weighted by atomic mass is 10.2. The van der Waals surface area contributed by atoms with E-state index in [1.807, 2.05) is 0 Å². The lowest BCUT2D eigenvalue weighted by molar-refractivity contribution is -0.129. The van der Waals surface area contributed by atoms with E-state index in [2.05, 4.69) is 31.5 Å². The lowest BCUT2D eigenvalue weighted by Crippen LogP contribution is -2.50. The number of rotatable bonds is 5. The van der Waals surface area contributed by atoms with E-state index in [-0.39, 0.29) is 5.91 Å². The molecule has 0 aliphatic carbocycles. The Balaban J connectivity index is 2.47. The summed E-state index contributed by atoms with van der Waals surface area (Å²) in [5, 5.41) is 18.7. The molecule has 1 unspecified atom stereocenters. The topological polar surface area (TPSA) is 141 Å². The summed E-state index contributed by atoms with van der Waals surface area (Å²) in [5.74, 6) is -0.778. The highest BCUT2D eigenvalue weighted by Gasteiger charge is 2.20. The van der Waals surface area contributed by atoms with Gasteiger partial charge in [-0.15, -0.1) is 4.80 Å². The Labute approximate surface area is 103 Å². The Bertz CT molecular complexity index is 403. The van der Waals surface area contributed by atoms with Crippen LogP contribution in [-0.2, 0) is 9.59 Å². The van der Waals surface area contributed by atoms with Gasteiger partial charge in [0, 0.05) is 0 Å². The SMILES string of the molecule is CC(NC(=O)[C@H](C)NC(=O)[C@H](C)N)n1nnnn1. The minimum absolute atomic E-state index is 0.381. The van der Waals surface area contributed by atoms with Crippen molar-refractivity contribution in [2.45, 2.75) is 39.0 Å². The molecule has 10 nitrogen and oxygen atoms in total. The van der Waals surface area contributed by atoms with Crippen LogP contribution < -0.4 is 16.4 Å². The fourth-order valence-corrected chi connectivity index (χ4v) is 1.09. The molecule has 0 saturated heterocycles. The average molecular weight is 256 g/mol. The van der Waals surface area contributed by atoms with E-state index in [1.54, 1.807) is 13.8 Å². The second-order valence-corrected chi connectivity index (χ2v) is 3.88. The van der Waals surface area contributed by atoms with Crippen molar-refractivity contribution in [3.63, 3.8) is 0 Å². The van der Waals surface area contributed by atoms with Gasteiger partial charge in [0.15, 0.2) is 0 Å². The van der Waals surface area contributed by atoms with Gasteiger partial charge in [0.25, 0.3) is 0 Å². The molecule has 1 rings (SSSR count). The average Bonchev–Trinajstić information content (AvgIpc) is 2.81. The summed E-state index contributed by atoms with van der Waals surface area (Å²) in [6.45, 7) is 4.74. The van der Waals surface area contributed by atoms with Crippen LogP contribution in [0.15, 0.2) is 0 Å². The Morgan fingerprint density at radius 2 is 1.61 bits per heavy atom. The molecule has 0 aliphatic rings. The number of nitrogens with one attached hydrogen (secondary N) is 2. The van der Waals surface area contributed by atoms with Crippen LogP contribution >= 0.6 is 0 Å². The molecule has 1 aromatic heterocycles. The number of nitrogens with zero attached hydrogens (tertiary/aromatic N) is 5. The number of carbonyl (C=O) groups is 2. The molecule has 0 bridgehead atoms. The molecule has 0 saturated carbocycles. The van der Waals surface area contributed by atoms with E-state index in [1.165, 1.54) is 6.92 Å². The summed E-state index contributed by atoms with van der Waals surface area (Å²) >= 11 is 0. The normalized spacial score (nSPS) is 15.6. The molecule has 0 aromatic carbocycles. The molecule has 1 aromatic rings. The number of hydrogen-bond acceptors (Lipinski definition) is 7. The largest absolute Gasteiger partial charge is 0.343 e. The predicted octanol–water partition coefficient (Wildman–Crippen LogP) is -2.45. The maximum absolute atomic E-state index is 11.7. The smallest absolute Gasteiger partial charge is 0.243 e. The maximum atomic E-state index is 11.7. The summed E-state index contributed by atoms with van der Waals surface area (Å²) < 4.78 is 0. The van der Waals surface area contributed by atoms with Gasteiger partial charge in [-0.25, -0.2) is 0 Å². The van der Waals surface area contributed by atoms with E-state index in [4.69, 9.17) is 5.73 Å². The standard InChI is InChI=1S/C8H16N8O2/c1-4(9)7(17)10-5(2)8(18)11-6(3)16-14-12-13-15-16/h4-6H,9H2,1-3H3,(H,10,17)(H,11,18)/t4-,5-,6?/m0/s1. The number of hydrogen-bond donors (Lipinski definition) is 3. The van der Waals surface area contributed by atoms with Crippen LogP contribution in [0.1, 0.15) is 26.9 Å². The van der Waals surface area contributed by atoms with Crippen molar-refractivity contribution < 1.29 is 9.59 Å². The molecule has 0 radical (unpaired) electrons. The second kappa shape index (κ2) is 6.00. The van der Waals surface area contributed by atoms with E-state index in [9.17, 15) is 9.59 Å². The Morgan fingerprint density at radius 1 is 1.06 bits per heavy atom. The van der Waals surface area contributed by atoms with Gasteiger partial charge in [0.2, 0.25) is 11.8 Å². The summed E-state index contributed by atoms with van der Waals surface area (Å²) in [6.07, 6.45) is -0.512. The highest BCUT2D eigenvalue weighted by molar-refractivity contribution is 5.89. The fraction of sp³-hybridized carbons (Fsp3) is 0.750. The van der Waals surface area contributed by atoms with Crippen molar-refractivity contribution in [2.75, 3.05) is 0 Å². The number of nitrogens with two attached hydrogens (primary N) is 1. The minimum atomic E-state index is -0.706. The first-order valence-electron chi connectivity index (χ1n) is 5.39. The lowest BCUT2D eigenvalue weighted by Gasteiger charge is -2.18. The molecule has 2 amide bonds. The molecule has 0 aliphatic heterocycles.